The van der Waals surface area contributed by atoms with Crippen molar-refractivity contribution in [3.8, 4) is 11.5 Å². The zero-order valence-electron chi connectivity index (χ0n) is 11.0. The van der Waals surface area contributed by atoms with Gasteiger partial charge in [-0.25, -0.2) is 4.98 Å². The molecule has 8 heteroatoms. The normalized spacial score (nSPS) is 10.1. The fraction of sp³-hybridized carbons (Fsp3) is 0.167. The smallest absolute Gasteiger partial charge is 0.387 e. The molecule has 2 heterocycles. The Morgan fingerprint density at radius 1 is 1.45 bits per heavy atom. The van der Waals surface area contributed by atoms with Gasteiger partial charge in [-0.15, -0.1) is 0 Å². The first-order valence-electron chi connectivity index (χ1n) is 5.74. The monoisotopic (exact) mass is 275 g/mol. The van der Waals surface area contributed by atoms with Crippen LogP contribution in [0.3, 0.4) is 0 Å². The average Bonchev–Trinajstić information content (AvgIpc) is 2.40. The molecule has 2 aromatic rings. The Morgan fingerprint density at radius 2 is 2.20 bits per heavy atom. The van der Waals surface area contributed by atoms with Gasteiger partial charge in [0.2, 0.25) is 0 Å². The summed E-state index contributed by atoms with van der Waals surface area (Å²) >= 11 is 0. The minimum Gasteiger partial charge on any atom is -0.453 e. The predicted octanol–water partition coefficient (Wildman–Crippen LogP) is 2.11. The number of aromatic nitrogens is 2. The predicted molar refractivity (Wildman–Crippen MR) is 73.9 cm³/mol. The molecule has 0 aliphatic carbocycles. The molecule has 3 N–H and O–H groups in total. The highest BCUT2D eigenvalue weighted by molar-refractivity contribution is 5.66. The van der Waals surface area contributed by atoms with E-state index in [0.29, 0.717) is 28.6 Å². The largest absolute Gasteiger partial charge is 0.453 e. The van der Waals surface area contributed by atoms with Gasteiger partial charge in [-0.2, -0.15) is 0 Å². The lowest BCUT2D eigenvalue weighted by Crippen LogP contribution is -2.03. The fourth-order valence-corrected chi connectivity index (χ4v) is 1.73. The van der Waals surface area contributed by atoms with Crippen LogP contribution >= 0.6 is 0 Å². The highest BCUT2D eigenvalue weighted by atomic mass is 16.6. The van der Waals surface area contributed by atoms with Crippen LogP contribution in [0.5, 0.6) is 11.5 Å². The van der Waals surface area contributed by atoms with Crippen LogP contribution in [-0.2, 0) is 0 Å². The number of nitro groups is 1. The van der Waals surface area contributed by atoms with Crippen molar-refractivity contribution < 1.29 is 9.66 Å². The van der Waals surface area contributed by atoms with Crippen LogP contribution in [0.15, 0.2) is 24.5 Å². The van der Waals surface area contributed by atoms with Crippen molar-refractivity contribution >= 4 is 17.3 Å². The average molecular weight is 275 g/mol. The van der Waals surface area contributed by atoms with Gasteiger partial charge < -0.3 is 25.9 Å². The summed E-state index contributed by atoms with van der Waals surface area (Å²) in [5.41, 5.74) is 6.46. The third-order valence-electron chi connectivity index (χ3n) is 2.68. The van der Waals surface area contributed by atoms with Crippen molar-refractivity contribution in [3.05, 3.63) is 40.2 Å². The van der Waals surface area contributed by atoms with Crippen molar-refractivity contribution in [3.63, 3.8) is 0 Å². The second kappa shape index (κ2) is 5.39. The van der Waals surface area contributed by atoms with Crippen LogP contribution < -0.4 is 15.8 Å². The van der Waals surface area contributed by atoms with Gasteiger partial charge >= 0.3 is 5.82 Å². The second-order valence-electron chi connectivity index (χ2n) is 3.97. The first kappa shape index (κ1) is 13.5. The van der Waals surface area contributed by atoms with Crippen LogP contribution in [0.25, 0.3) is 0 Å². The quantitative estimate of drug-likeness (QED) is 0.648. The zero-order valence-corrected chi connectivity index (χ0v) is 11.0. The van der Waals surface area contributed by atoms with E-state index in [2.05, 4.69) is 15.3 Å². The van der Waals surface area contributed by atoms with Gasteiger partial charge in [0.05, 0.1) is 0 Å². The standard InChI is InChI=1S/C12H13N5O3/c1-7-9(20-8-3-4-15-10(13)5-8)6-16-12(17(18)19)11(7)14-2/h3-6,14H,1-2H3,(H2,13,15). The van der Waals surface area contributed by atoms with Crippen LogP contribution in [0.4, 0.5) is 17.3 Å². The Morgan fingerprint density at radius 3 is 2.80 bits per heavy atom. The maximum atomic E-state index is 10.9. The summed E-state index contributed by atoms with van der Waals surface area (Å²) in [4.78, 5) is 18.0. The topological polar surface area (TPSA) is 116 Å². The van der Waals surface area contributed by atoms with E-state index in [-0.39, 0.29) is 5.82 Å². The van der Waals surface area contributed by atoms with Crippen LogP contribution in [0, 0.1) is 17.0 Å². The summed E-state index contributed by atoms with van der Waals surface area (Å²) in [5, 5.41) is 13.6. The maximum Gasteiger partial charge on any atom is 0.387 e. The Kier molecular flexibility index (Phi) is 3.65. The van der Waals surface area contributed by atoms with Crippen molar-refractivity contribution in [2.45, 2.75) is 6.92 Å². The van der Waals surface area contributed by atoms with E-state index >= 15 is 0 Å². The van der Waals surface area contributed by atoms with Crippen molar-refractivity contribution in [1.82, 2.24) is 9.97 Å². The molecule has 0 fully saturated rings. The first-order chi connectivity index (χ1) is 9.52. The number of nitrogen functional groups attached to an aromatic ring is 1. The molecule has 20 heavy (non-hydrogen) atoms. The Bertz CT molecular complexity index is 660. The van der Waals surface area contributed by atoms with Gasteiger partial charge in [-0.05, 0) is 22.9 Å². The SMILES string of the molecule is CNc1c([N+](=O)[O-])ncc(Oc2ccnc(N)c2)c1C. The second-order valence-corrected chi connectivity index (χ2v) is 3.97. The maximum absolute atomic E-state index is 10.9. The summed E-state index contributed by atoms with van der Waals surface area (Å²) in [7, 11) is 1.59. The summed E-state index contributed by atoms with van der Waals surface area (Å²) in [6, 6.07) is 3.19. The lowest BCUT2D eigenvalue weighted by molar-refractivity contribution is -0.388. The molecule has 0 aliphatic heterocycles. The minimum absolute atomic E-state index is 0.244. The third-order valence-corrected chi connectivity index (χ3v) is 2.68. The lowest BCUT2D eigenvalue weighted by Gasteiger charge is -2.11. The number of nitrogens with two attached hydrogens (primary N) is 1. The molecule has 104 valence electrons. The number of rotatable bonds is 4. The van der Waals surface area contributed by atoms with Crippen LogP contribution in [0.1, 0.15) is 5.56 Å². The molecule has 0 spiro atoms. The summed E-state index contributed by atoms with van der Waals surface area (Å²) in [5.74, 6) is 0.972. The number of ether oxygens (including phenoxy) is 1. The van der Waals surface area contributed by atoms with Crippen molar-refractivity contribution in [1.29, 1.82) is 0 Å². The van der Waals surface area contributed by atoms with E-state index in [4.69, 9.17) is 10.5 Å². The molecule has 2 aromatic heterocycles. The molecule has 0 aliphatic rings. The van der Waals surface area contributed by atoms with Gasteiger partial charge in [0, 0.05) is 24.9 Å². The van der Waals surface area contributed by atoms with Crippen molar-refractivity contribution in [2.75, 3.05) is 18.1 Å². The highest BCUT2D eigenvalue weighted by Crippen LogP contribution is 2.34. The Balaban J connectivity index is 2.41. The van der Waals surface area contributed by atoms with E-state index in [1.807, 2.05) is 0 Å². The number of hydrogen-bond acceptors (Lipinski definition) is 7. The van der Waals surface area contributed by atoms with E-state index in [1.54, 1.807) is 26.1 Å². The molecule has 2 rings (SSSR count). The molecule has 0 radical (unpaired) electrons. The third kappa shape index (κ3) is 2.58. The molecule has 0 saturated carbocycles. The Labute approximate surface area is 114 Å². The lowest BCUT2D eigenvalue weighted by atomic mass is 10.2. The molecule has 0 unspecified atom stereocenters. The van der Waals surface area contributed by atoms with Gasteiger partial charge in [0.1, 0.15) is 17.3 Å². The highest BCUT2D eigenvalue weighted by Gasteiger charge is 2.20. The first-order valence-corrected chi connectivity index (χ1v) is 5.74. The zero-order chi connectivity index (χ0) is 14.7. The van der Waals surface area contributed by atoms with E-state index < -0.39 is 4.92 Å². The fourth-order valence-electron chi connectivity index (χ4n) is 1.73. The van der Waals surface area contributed by atoms with Gasteiger partial charge in [-0.1, -0.05) is 0 Å². The summed E-state index contributed by atoms with van der Waals surface area (Å²) in [6.07, 6.45) is 2.82. The van der Waals surface area contributed by atoms with E-state index in [9.17, 15) is 10.1 Å². The molecule has 0 aromatic carbocycles. The van der Waals surface area contributed by atoms with E-state index in [1.165, 1.54) is 12.4 Å². The number of nitrogens with zero attached hydrogens (tertiary/aromatic N) is 3. The molecule has 0 atom stereocenters. The molecule has 0 amide bonds. The number of anilines is 2. The molecular formula is C12H13N5O3. The van der Waals surface area contributed by atoms with Gasteiger partial charge in [0.15, 0.2) is 11.9 Å². The van der Waals surface area contributed by atoms with Crippen molar-refractivity contribution in [2.24, 2.45) is 0 Å². The number of hydrogen-bond donors (Lipinski definition) is 2. The summed E-state index contributed by atoms with van der Waals surface area (Å²) < 4.78 is 5.62. The minimum atomic E-state index is -0.549. The van der Waals surface area contributed by atoms with Gasteiger partial charge in [0.25, 0.3) is 0 Å². The molecule has 0 saturated heterocycles. The number of nitrogens with one attached hydrogen (secondary N) is 1. The molecular weight excluding hydrogens is 262 g/mol. The van der Waals surface area contributed by atoms with E-state index in [0.717, 1.165) is 0 Å². The molecule has 0 bridgehead atoms. The van der Waals surface area contributed by atoms with Crippen LogP contribution in [-0.4, -0.2) is 21.9 Å². The Hall–Kier alpha value is -2.90. The van der Waals surface area contributed by atoms with Crippen LogP contribution in [0.2, 0.25) is 0 Å². The number of pyridine rings is 2. The van der Waals surface area contributed by atoms with Gasteiger partial charge in [-0.3, -0.25) is 0 Å². The summed E-state index contributed by atoms with van der Waals surface area (Å²) in [6.45, 7) is 1.71. The molecule has 8 nitrogen and oxygen atoms in total.